The Bertz CT molecular complexity index is 1160. The third-order valence-corrected chi connectivity index (χ3v) is 4.67. The molecule has 0 aliphatic heterocycles. The van der Waals surface area contributed by atoms with E-state index in [1.165, 1.54) is 18.3 Å². The highest BCUT2D eigenvalue weighted by Gasteiger charge is 2.25. The molecule has 2 aromatic carbocycles. The first-order chi connectivity index (χ1) is 15.5. The van der Waals surface area contributed by atoms with Crippen molar-refractivity contribution in [3.05, 3.63) is 89.2 Å². The molecule has 0 saturated heterocycles. The van der Waals surface area contributed by atoms with Crippen molar-refractivity contribution in [1.29, 1.82) is 0 Å². The Hall–Kier alpha value is -3.81. The number of alkyl carbamates (subject to hydrolysis) is 1. The Kier molecular flexibility index (Phi) is 7.06. The average Bonchev–Trinajstić information content (AvgIpc) is 2.71. The second kappa shape index (κ2) is 9.77. The largest absolute Gasteiger partial charge is 0.439 e. The van der Waals surface area contributed by atoms with E-state index in [-0.39, 0.29) is 6.42 Å². The predicted octanol–water partition coefficient (Wildman–Crippen LogP) is 4.93. The maximum atomic E-state index is 13.8. The van der Waals surface area contributed by atoms with Gasteiger partial charge >= 0.3 is 6.09 Å². The van der Waals surface area contributed by atoms with Crippen molar-refractivity contribution >= 4 is 12.0 Å². The Balaban J connectivity index is 2.05. The summed E-state index contributed by atoms with van der Waals surface area (Å²) in [5.41, 5.74) is 7.04. The molecule has 172 valence electrons. The number of aromatic nitrogens is 1. The second-order valence-electron chi connectivity index (χ2n) is 8.63. The standard InChI is InChI=1S/C25H25F2N3O3/c1-25(2,3)30-24(32)33-21(12-15-10-18(26)14-19(27)11-15)22-20(8-5-9-29-22)16-6-4-7-17(13-16)23(28)31/h4-11,13-14,21H,12H2,1-3H3,(H2,28,31)(H,30,32). The molecule has 2 amide bonds. The van der Waals surface area contributed by atoms with Crippen LogP contribution in [0.25, 0.3) is 11.1 Å². The topological polar surface area (TPSA) is 94.3 Å². The van der Waals surface area contributed by atoms with Crippen LogP contribution in [-0.2, 0) is 11.2 Å². The highest BCUT2D eigenvalue weighted by molar-refractivity contribution is 5.94. The summed E-state index contributed by atoms with van der Waals surface area (Å²) in [4.78, 5) is 28.6. The minimum Gasteiger partial charge on any atom is -0.439 e. The smallest absolute Gasteiger partial charge is 0.408 e. The van der Waals surface area contributed by atoms with Gasteiger partial charge in [-0.2, -0.15) is 0 Å². The summed E-state index contributed by atoms with van der Waals surface area (Å²) in [5, 5.41) is 2.71. The monoisotopic (exact) mass is 453 g/mol. The summed E-state index contributed by atoms with van der Waals surface area (Å²) < 4.78 is 33.3. The van der Waals surface area contributed by atoms with Crippen LogP contribution in [0.1, 0.15) is 48.5 Å². The third-order valence-electron chi connectivity index (χ3n) is 4.67. The molecule has 0 radical (unpaired) electrons. The third kappa shape index (κ3) is 6.58. The van der Waals surface area contributed by atoms with Gasteiger partial charge in [-0.3, -0.25) is 9.78 Å². The predicted molar refractivity (Wildman–Crippen MR) is 120 cm³/mol. The molecule has 0 fully saturated rings. The van der Waals surface area contributed by atoms with Crippen LogP contribution in [0.4, 0.5) is 13.6 Å². The Morgan fingerprint density at radius 3 is 2.39 bits per heavy atom. The number of halogens is 2. The van der Waals surface area contributed by atoms with E-state index in [1.54, 1.807) is 57.2 Å². The summed E-state index contributed by atoms with van der Waals surface area (Å²) in [5.74, 6) is -2.06. The van der Waals surface area contributed by atoms with Crippen molar-refractivity contribution in [2.45, 2.75) is 38.8 Å². The van der Waals surface area contributed by atoms with Gasteiger partial charge in [0.15, 0.2) is 6.10 Å². The maximum absolute atomic E-state index is 13.8. The number of ether oxygens (including phenoxy) is 1. The molecule has 1 unspecified atom stereocenters. The van der Waals surface area contributed by atoms with Gasteiger partial charge in [-0.15, -0.1) is 0 Å². The van der Waals surface area contributed by atoms with Crippen molar-refractivity contribution < 1.29 is 23.1 Å². The molecule has 6 nitrogen and oxygen atoms in total. The molecule has 3 aromatic rings. The minimum atomic E-state index is -0.970. The zero-order valence-corrected chi connectivity index (χ0v) is 18.6. The molecular weight excluding hydrogens is 428 g/mol. The summed E-state index contributed by atoms with van der Waals surface area (Å²) in [6.07, 6.45) is -0.166. The SMILES string of the molecule is CC(C)(C)NC(=O)OC(Cc1cc(F)cc(F)c1)c1ncccc1-c1cccc(C(N)=O)c1. The number of amides is 2. The molecule has 3 rings (SSSR count). The molecule has 1 atom stereocenters. The average molecular weight is 453 g/mol. The lowest BCUT2D eigenvalue weighted by molar-refractivity contribution is 0.0890. The molecular formula is C25H25F2N3O3. The molecule has 0 aliphatic carbocycles. The van der Waals surface area contributed by atoms with Crippen molar-refractivity contribution in [3.63, 3.8) is 0 Å². The molecule has 33 heavy (non-hydrogen) atoms. The molecule has 8 heteroatoms. The zero-order chi connectivity index (χ0) is 24.2. The lowest BCUT2D eigenvalue weighted by Crippen LogP contribution is -2.41. The van der Waals surface area contributed by atoms with Crippen molar-refractivity contribution in [3.8, 4) is 11.1 Å². The minimum absolute atomic E-state index is 0.0221. The lowest BCUT2D eigenvalue weighted by atomic mass is 9.96. The summed E-state index contributed by atoms with van der Waals surface area (Å²) in [7, 11) is 0. The molecule has 0 aliphatic rings. The molecule has 0 bridgehead atoms. The Labute approximate surface area is 190 Å². The van der Waals surface area contributed by atoms with Crippen molar-refractivity contribution in [2.75, 3.05) is 0 Å². The van der Waals surface area contributed by atoms with Crippen molar-refractivity contribution in [1.82, 2.24) is 10.3 Å². The highest BCUT2D eigenvalue weighted by atomic mass is 19.1. The van der Waals surface area contributed by atoms with Crippen LogP contribution in [0.2, 0.25) is 0 Å². The Morgan fingerprint density at radius 1 is 1.06 bits per heavy atom. The molecule has 1 heterocycles. The first-order valence-electron chi connectivity index (χ1n) is 10.3. The zero-order valence-electron chi connectivity index (χ0n) is 18.6. The number of hydrogen-bond donors (Lipinski definition) is 2. The summed E-state index contributed by atoms with van der Waals surface area (Å²) in [6, 6.07) is 13.2. The van der Waals surface area contributed by atoms with Gasteiger partial charge in [-0.1, -0.05) is 18.2 Å². The number of pyridine rings is 1. The van der Waals surface area contributed by atoms with Crippen LogP contribution in [0.5, 0.6) is 0 Å². The van der Waals surface area contributed by atoms with Gasteiger partial charge < -0.3 is 15.8 Å². The lowest BCUT2D eigenvalue weighted by Gasteiger charge is -2.25. The van der Waals surface area contributed by atoms with Crippen LogP contribution in [0, 0.1) is 11.6 Å². The van der Waals surface area contributed by atoms with Gasteiger partial charge in [0.2, 0.25) is 5.91 Å². The van der Waals surface area contributed by atoms with Gasteiger partial charge in [-0.25, -0.2) is 13.6 Å². The fourth-order valence-electron chi connectivity index (χ4n) is 3.36. The van der Waals surface area contributed by atoms with Gasteiger partial charge in [0.1, 0.15) is 11.6 Å². The van der Waals surface area contributed by atoms with Crippen LogP contribution in [-0.4, -0.2) is 22.5 Å². The van der Waals surface area contributed by atoms with Gasteiger partial charge in [0, 0.05) is 35.3 Å². The van der Waals surface area contributed by atoms with E-state index in [2.05, 4.69) is 10.3 Å². The van der Waals surface area contributed by atoms with Crippen LogP contribution >= 0.6 is 0 Å². The van der Waals surface area contributed by atoms with E-state index in [0.717, 1.165) is 6.07 Å². The van der Waals surface area contributed by atoms with Crippen LogP contribution < -0.4 is 11.1 Å². The first-order valence-corrected chi connectivity index (χ1v) is 10.3. The maximum Gasteiger partial charge on any atom is 0.408 e. The van der Waals surface area contributed by atoms with E-state index in [1.807, 2.05) is 0 Å². The number of nitrogens with zero attached hydrogens (tertiary/aromatic N) is 1. The van der Waals surface area contributed by atoms with Crippen LogP contribution in [0.15, 0.2) is 60.8 Å². The fraction of sp³-hybridized carbons (Fsp3) is 0.240. The van der Waals surface area contributed by atoms with E-state index in [9.17, 15) is 18.4 Å². The number of carbonyl (C=O) groups excluding carboxylic acids is 2. The van der Waals surface area contributed by atoms with E-state index >= 15 is 0 Å². The molecule has 0 saturated carbocycles. The number of benzene rings is 2. The van der Waals surface area contributed by atoms with Gasteiger partial charge in [0.05, 0.1) is 5.69 Å². The van der Waals surface area contributed by atoms with E-state index in [0.29, 0.717) is 27.9 Å². The van der Waals surface area contributed by atoms with E-state index < -0.39 is 35.3 Å². The van der Waals surface area contributed by atoms with Gasteiger partial charge in [0.25, 0.3) is 0 Å². The quantitative estimate of drug-likeness (QED) is 0.553. The highest BCUT2D eigenvalue weighted by Crippen LogP contribution is 2.31. The number of carbonyl (C=O) groups is 2. The van der Waals surface area contributed by atoms with E-state index in [4.69, 9.17) is 10.5 Å². The van der Waals surface area contributed by atoms with Gasteiger partial charge in [-0.05, 0) is 62.2 Å². The molecule has 0 spiro atoms. The number of primary amides is 1. The summed E-state index contributed by atoms with van der Waals surface area (Å²) in [6.45, 7) is 5.40. The fourth-order valence-corrected chi connectivity index (χ4v) is 3.36. The molecule has 3 N–H and O–H groups in total. The summed E-state index contributed by atoms with van der Waals surface area (Å²) >= 11 is 0. The van der Waals surface area contributed by atoms with Crippen LogP contribution in [0.3, 0.4) is 0 Å². The normalized spacial score (nSPS) is 12.2. The van der Waals surface area contributed by atoms with Crippen molar-refractivity contribution in [2.24, 2.45) is 5.73 Å². The number of nitrogens with two attached hydrogens (primary N) is 1. The Morgan fingerprint density at radius 2 is 1.76 bits per heavy atom. The number of hydrogen-bond acceptors (Lipinski definition) is 4. The first kappa shape index (κ1) is 23.8. The number of nitrogens with one attached hydrogen (secondary N) is 1. The second-order valence-corrected chi connectivity index (χ2v) is 8.63. The number of rotatable bonds is 6. The molecule has 1 aromatic heterocycles.